The van der Waals surface area contributed by atoms with Crippen molar-refractivity contribution in [2.45, 2.75) is 96.0 Å². The standard InChI is InChI=1S/C23H39NO3/c1-22-8-7-16-15(6-5-14-11-19(25)20(26)13-23(14,16)2)17(22)12-18(21(22)27)24-9-3-4-10-24/h14-21,25-27H,3-13H2,1-2H3/t14-,15?,16?,17?,18-,19-,20-,21-,22-,23-/m0/s1. The summed E-state index contributed by atoms with van der Waals surface area (Å²) in [6.07, 6.45) is 8.81. The summed E-state index contributed by atoms with van der Waals surface area (Å²) in [5, 5.41) is 32.0. The third-order valence-corrected chi connectivity index (χ3v) is 10.3. The second-order valence-electron chi connectivity index (χ2n) is 11.3. The summed E-state index contributed by atoms with van der Waals surface area (Å²) < 4.78 is 0. The van der Waals surface area contributed by atoms with Gasteiger partial charge in [0.1, 0.15) is 0 Å². The predicted octanol–water partition coefficient (Wildman–Crippen LogP) is 2.80. The fourth-order valence-electron chi connectivity index (χ4n) is 8.68. The van der Waals surface area contributed by atoms with Gasteiger partial charge >= 0.3 is 0 Å². The molecule has 3 unspecified atom stereocenters. The highest BCUT2D eigenvalue weighted by Gasteiger charge is 2.63. The second kappa shape index (κ2) is 6.42. The molecule has 5 fully saturated rings. The number of nitrogens with zero attached hydrogens (tertiary/aromatic N) is 1. The predicted molar refractivity (Wildman–Crippen MR) is 105 cm³/mol. The lowest BCUT2D eigenvalue weighted by atomic mass is 9.45. The summed E-state index contributed by atoms with van der Waals surface area (Å²) in [5.41, 5.74) is 0.240. The van der Waals surface area contributed by atoms with Crippen LogP contribution in [0.1, 0.15) is 71.6 Å². The number of rotatable bonds is 1. The maximum atomic E-state index is 11.4. The van der Waals surface area contributed by atoms with Crippen molar-refractivity contribution in [3.8, 4) is 0 Å². The minimum atomic E-state index is -0.551. The molecule has 0 aromatic heterocycles. The van der Waals surface area contributed by atoms with Crippen molar-refractivity contribution in [2.75, 3.05) is 13.1 Å². The Morgan fingerprint density at radius 3 is 2.30 bits per heavy atom. The summed E-state index contributed by atoms with van der Waals surface area (Å²) in [7, 11) is 0. The first-order valence-electron chi connectivity index (χ1n) is 11.6. The minimum Gasteiger partial charge on any atom is -0.391 e. The number of hydrogen-bond acceptors (Lipinski definition) is 4. The van der Waals surface area contributed by atoms with Crippen molar-refractivity contribution in [2.24, 2.45) is 34.5 Å². The molecule has 0 spiro atoms. The number of hydrogen-bond donors (Lipinski definition) is 3. The highest BCUT2D eigenvalue weighted by molar-refractivity contribution is 5.13. The van der Waals surface area contributed by atoms with Crippen LogP contribution in [0.15, 0.2) is 0 Å². The lowest BCUT2D eigenvalue weighted by Crippen LogP contribution is -2.57. The Hall–Kier alpha value is -0.160. The summed E-state index contributed by atoms with van der Waals surface area (Å²) in [6, 6.07) is 0.366. The molecule has 5 aliphatic rings. The van der Waals surface area contributed by atoms with Gasteiger partial charge in [-0.1, -0.05) is 13.8 Å². The third kappa shape index (κ3) is 2.62. The Bertz CT molecular complexity index is 578. The van der Waals surface area contributed by atoms with Gasteiger partial charge in [0.2, 0.25) is 0 Å². The van der Waals surface area contributed by atoms with Crippen molar-refractivity contribution in [1.82, 2.24) is 4.90 Å². The summed E-state index contributed by atoms with van der Waals surface area (Å²) in [5.74, 6) is 2.52. The van der Waals surface area contributed by atoms with Gasteiger partial charge in [-0.15, -0.1) is 0 Å². The first-order chi connectivity index (χ1) is 12.8. The average molecular weight is 378 g/mol. The lowest BCUT2D eigenvalue weighted by molar-refractivity contribution is -0.163. The van der Waals surface area contributed by atoms with Gasteiger partial charge in [0, 0.05) is 6.04 Å². The van der Waals surface area contributed by atoms with Crippen LogP contribution in [0.4, 0.5) is 0 Å². The SMILES string of the molecule is C[C@]12CCC3C(CC[C@H]4C[C@H](O)[C@@H](O)C[C@]34C)C1C[C@H](N1CCCC1)[C@@H]2O. The third-order valence-electron chi connectivity index (χ3n) is 10.3. The van der Waals surface area contributed by atoms with E-state index in [4.69, 9.17) is 0 Å². The molecule has 4 aliphatic carbocycles. The molecule has 27 heavy (non-hydrogen) atoms. The van der Waals surface area contributed by atoms with E-state index in [1.165, 1.54) is 51.6 Å². The van der Waals surface area contributed by atoms with Gasteiger partial charge in [-0.25, -0.2) is 0 Å². The van der Waals surface area contributed by atoms with Gasteiger partial charge in [-0.3, -0.25) is 4.90 Å². The van der Waals surface area contributed by atoms with E-state index < -0.39 is 12.2 Å². The van der Waals surface area contributed by atoms with Crippen LogP contribution in [-0.2, 0) is 0 Å². The smallest absolute Gasteiger partial charge is 0.0804 e. The van der Waals surface area contributed by atoms with Crippen molar-refractivity contribution in [3.63, 3.8) is 0 Å². The van der Waals surface area contributed by atoms with Gasteiger partial charge in [-0.05, 0) is 105 Å². The molecule has 0 radical (unpaired) electrons. The summed E-state index contributed by atoms with van der Waals surface area (Å²) in [4.78, 5) is 2.58. The zero-order valence-corrected chi connectivity index (χ0v) is 17.2. The normalized spacial score (nSPS) is 58.6. The van der Waals surface area contributed by atoms with E-state index in [2.05, 4.69) is 18.7 Å². The van der Waals surface area contributed by atoms with E-state index in [-0.39, 0.29) is 16.9 Å². The van der Waals surface area contributed by atoms with Crippen LogP contribution in [0.5, 0.6) is 0 Å². The van der Waals surface area contributed by atoms with Crippen LogP contribution in [0.2, 0.25) is 0 Å². The molecule has 1 saturated heterocycles. The van der Waals surface area contributed by atoms with E-state index in [0.717, 1.165) is 19.3 Å². The molecule has 5 rings (SSSR count). The quantitative estimate of drug-likeness (QED) is 0.657. The highest BCUT2D eigenvalue weighted by atomic mass is 16.3. The molecule has 4 saturated carbocycles. The van der Waals surface area contributed by atoms with Crippen molar-refractivity contribution < 1.29 is 15.3 Å². The van der Waals surface area contributed by atoms with Crippen molar-refractivity contribution in [3.05, 3.63) is 0 Å². The fourth-order valence-corrected chi connectivity index (χ4v) is 8.68. The van der Waals surface area contributed by atoms with Crippen LogP contribution in [0.25, 0.3) is 0 Å². The Morgan fingerprint density at radius 1 is 0.815 bits per heavy atom. The number of fused-ring (bicyclic) bond motifs is 5. The van der Waals surface area contributed by atoms with Gasteiger partial charge in [0.25, 0.3) is 0 Å². The van der Waals surface area contributed by atoms with E-state index in [9.17, 15) is 15.3 Å². The molecule has 0 aromatic carbocycles. The number of aliphatic hydroxyl groups excluding tert-OH is 3. The molecule has 4 heteroatoms. The van der Waals surface area contributed by atoms with E-state index in [1.807, 2.05) is 0 Å². The van der Waals surface area contributed by atoms with Crippen molar-refractivity contribution >= 4 is 0 Å². The molecule has 0 amide bonds. The van der Waals surface area contributed by atoms with E-state index in [1.54, 1.807) is 0 Å². The average Bonchev–Trinajstić information content (AvgIpc) is 3.24. The molecule has 4 nitrogen and oxygen atoms in total. The Labute approximate surface area is 164 Å². The second-order valence-corrected chi connectivity index (χ2v) is 11.3. The fraction of sp³-hybridized carbons (Fsp3) is 1.00. The number of likely N-dealkylation sites (tertiary alicyclic amines) is 1. The minimum absolute atomic E-state index is 0.0738. The largest absolute Gasteiger partial charge is 0.391 e. The molecular formula is C23H39NO3. The molecule has 0 bridgehead atoms. The van der Waals surface area contributed by atoms with Gasteiger partial charge in [0.05, 0.1) is 18.3 Å². The summed E-state index contributed by atoms with van der Waals surface area (Å²) >= 11 is 0. The van der Waals surface area contributed by atoms with Crippen molar-refractivity contribution in [1.29, 1.82) is 0 Å². The monoisotopic (exact) mass is 377 g/mol. The van der Waals surface area contributed by atoms with Gasteiger partial charge in [-0.2, -0.15) is 0 Å². The Morgan fingerprint density at radius 2 is 1.56 bits per heavy atom. The molecule has 3 N–H and O–H groups in total. The first-order valence-corrected chi connectivity index (χ1v) is 11.6. The van der Waals surface area contributed by atoms with Crippen LogP contribution in [0.3, 0.4) is 0 Å². The van der Waals surface area contributed by atoms with E-state index >= 15 is 0 Å². The van der Waals surface area contributed by atoms with Crippen LogP contribution in [0, 0.1) is 34.5 Å². The lowest BCUT2D eigenvalue weighted by Gasteiger charge is -2.61. The van der Waals surface area contributed by atoms with Gasteiger partial charge in [0.15, 0.2) is 0 Å². The van der Waals surface area contributed by atoms with Crippen LogP contribution in [-0.4, -0.2) is 57.7 Å². The van der Waals surface area contributed by atoms with Crippen LogP contribution >= 0.6 is 0 Å². The molecule has 0 aromatic rings. The maximum Gasteiger partial charge on any atom is 0.0804 e. The van der Waals surface area contributed by atoms with E-state index in [0.29, 0.717) is 29.7 Å². The molecule has 1 heterocycles. The molecular weight excluding hydrogens is 338 g/mol. The zero-order valence-electron chi connectivity index (χ0n) is 17.2. The maximum absolute atomic E-state index is 11.4. The highest BCUT2D eigenvalue weighted by Crippen LogP contribution is 2.66. The van der Waals surface area contributed by atoms with Gasteiger partial charge < -0.3 is 15.3 Å². The number of aliphatic hydroxyl groups is 3. The Kier molecular flexibility index (Phi) is 4.48. The molecule has 10 atom stereocenters. The topological polar surface area (TPSA) is 63.9 Å². The summed E-state index contributed by atoms with van der Waals surface area (Å²) in [6.45, 7) is 7.13. The zero-order chi connectivity index (χ0) is 19.0. The molecule has 1 aliphatic heterocycles. The first kappa shape index (κ1) is 18.8. The Balaban J connectivity index is 1.42. The molecule has 154 valence electrons. The van der Waals surface area contributed by atoms with Crippen LogP contribution < -0.4 is 0 Å².